The number of hydrogen-bond donors (Lipinski definition) is 3. The van der Waals surface area contributed by atoms with Crippen LogP contribution < -0.4 is 4.74 Å². The molecule has 3 N–H and O–H groups in total. The SMILES string of the molecule is CCCC[C@@H]1C(=O)O[C@H]2c3cc(C)cc(O)c3C3=C(C(=O)c4c(O[C@H]5C[C@@H](O)[C@@H](O)[C@H](C)O5)cccc4C3=O)N12. The zero-order chi connectivity index (χ0) is 28.5. The molecule has 0 aromatic heterocycles. The van der Waals surface area contributed by atoms with Gasteiger partial charge in [-0.2, -0.15) is 0 Å². The second kappa shape index (κ2) is 9.72. The van der Waals surface area contributed by atoms with Gasteiger partial charge < -0.3 is 34.4 Å². The Balaban J connectivity index is 1.50. The van der Waals surface area contributed by atoms with Crippen LogP contribution >= 0.6 is 0 Å². The fourth-order valence-corrected chi connectivity index (χ4v) is 6.17. The van der Waals surface area contributed by atoms with E-state index in [1.165, 1.54) is 18.2 Å². The van der Waals surface area contributed by atoms with E-state index in [4.69, 9.17) is 14.2 Å². The molecule has 0 saturated carbocycles. The Morgan fingerprint density at radius 1 is 1.10 bits per heavy atom. The van der Waals surface area contributed by atoms with Crippen LogP contribution in [0.1, 0.15) is 83.2 Å². The highest BCUT2D eigenvalue weighted by molar-refractivity contribution is 6.41. The van der Waals surface area contributed by atoms with E-state index in [1.54, 1.807) is 30.9 Å². The Morgan fingerprint density at radius 3 is 2.60 bits per heavy atom. The highest BCUT2D eigenvalue weighted by Crippen LogP contribution is 2.52. The van der Waals surface area contributed by atoms with E-state index in [0.29, 0.717) is 24.0 Å². The van der Waals surface area contributed by atoms with Gasteiger partial charge in [0.2, 0.25) is 18.3 Å². The number of fused-ring (bicyclic) bond motifs is 6. The number of aliphatic hydroxyl groups is 2. The van der Waals surface area contributed by atoms with Crippen molar-refractivity contribution in [1.29, 1.82) is 0 Å². The van der Waals surface area contributed by atoms with Gasteiger partial charge in [-0.1, -0.05) is 31.9 Å². The maximum Gasteiger partial charge on any atom is 0.331 e. The van der Waals surface area contributed by atoms with Crippen molar-refractivity contribution in [3.05, 3.63) is 63.8 Å². The number of nitrogens with zero attached hydrogens (tertiary/aromatic N) is 1. The van der Waals surface area contributed by atoms with E-state index in [0.717, 1.165) is 6.42 Å². The lowest BCUT2D eigenvalue weighted by Crippen LogP contribution is -2.48. The maximum atomic E-state index is 14.4. The van der Waals surface area contributed by atoms with Crippen LogP contribution in [0.15, 0.2) is 36.0 Å². The Bertz CT molecular complexity index is 1450. The molecule has 10 heteroatoms. The molecule has 0 bridgehead atoms. The number of benzene rings is 2. The van der Waals surface area contributed by atoms with E-state index >= 15 is 0 Å². The number of carbonyl (C=O) groups excluding carboxylic acids is 3. The standard InChI is InChI=1S/C30H31NO9/c1-4-5-8-17-30(37)40-29-16-10-13(2)11-18(32)22(16)24-25(31(17)29)28(36)23-15(27(24)35)7-6-9-20(23)39-21-12-19(33)26(34)14(3)38-21/h6-7,9-11,14,17,19,21,26,29,32-34H,4-5,8,12H2,1-3H3/t14-,17+,19+,21-,26-,29-/m0/s1. The number of allylic oxidation sites excluding steroid dienone is 2. The third-order valence-corrected chi connectivity index (χ3v) is 8.10. The Morgan fingerprint density at radius 2 is 1.88 bits per heavy atom. The highest BCUT2D eigenvalue weighted by Gasteiger charge is 2.53. The summed E-state index contributed by atoms with van der Waals surface area (Å²) in [5.41, 5.74) is 1.47. The fraction of sp³-hybridized carbons (Fsp3) is 0.433. The second-order valence-electron chi connectivity index (χ2n) is 10.8. The molecule has 40 heavy (non-hydrogen) atoms. The molecular formula is C30H31NO9. The first kappa shape index (κ1) is 26.5. The van der Waals surface area contributed by atoms with Crippen molar-refractivity contribution in [3.8, 4) is 11.5 Å². The van der Waals surface area contributed by atoms with Crippen LogP contribution in [-0.2, 0) is 14.3 Å². The van der Waals surface area contributed by atoms with E-state index in [2.05, 4.69) is 0 Å². The Kier molecular flexibility index (Phi) is 6.44. The largest absolute Gasteiger partial charge is 0.507 e. The van der Waals surface area contributed by atoms with Crippen LogP contribution in [0.25, 0.3) is 5.57 Å². The highest BCUT2D eigenvalue weighted by atomic mass is 16.7. The molecule has 10 nitrogen and oxygen atoms in total. The number of phenolic OH excluding ortho intramolecular Hbond substituents is 1. The first-order valence-corrected chi connectivity index (χ1v) is 13.6. The van der Waals surface area contributed by atoms with Crippen LogP contribution in [0.2, 0.25) is 0 Å². The van der Waals surface area contributed by atoms with Gasteiger partial charge >= 0.3 is 5.97 Å². The molecule has 6 atom stereocenters. The molecular weight excluding hydrogens is 518 g/mol. The van der Waals surface area contributed by atoms with Gasteiger partial charge in [-0.05, 0) is 44.0 Å². The van der Waals surface area contributed by atoms with Gasteiger partial charge in [-0.25, -0.2) is 4.79 Å². The normalized spacial score (nSPS) is 29.0. The van der Waals surface area contributed by atoms with Crippen LogP contribution in [0.4, 0.5) is 0 Å². The molecule has 0 spiro atoms. The van der Waals surface area contributed by atoms with Crippen molar-refractivity contribution in [2.24, 2.45) is 0 Å². The molecule has 2 aromatic carbocycles. The molecule has 6 rings (SSSR count). The minimum absolute atomic E-state index is 0.00510. The molecule has 0 unspecified atom stereocenters. The van der Waals surface area contributed by atoms with Gasteiger partial charge in [0.25, 0.3) is 0 Å². The summed E-state index contributed by atoms with van der Waals surface area (Å²) in [5, 5.41) is 31.3. The number of aliphatic hydroxyl groups excluding tert-OH is 2. The molecule has 3 aliphatic heterocycles. The zero-order valence-corrected chi connectivity index (χ0v) is 22.4. The number of aryl methyl sites for hydroxylation is 1. The Hall–Kier alpha value is -3.73. The van der Waals surface area contributed by atoms with Crippen LogP contribution in [0.3, 0.4) is 0 Å². The van der Waals surface area contributed by atoms with Gasteiger partial charge in [0.05, 0.1) is 23.3 Å². The molecule has 2 fully saturated rings. The van der Waals surface area contributed by atoms with E-state index in [9.17, 15) is 29.7 Å². The van der Waals surface area contributed by atoms with Crippen molar-refractivity contribution in [1.82, 2.24) is 4.90 Å². The summed E-state index contributed by atoms with van der Waals surface area (Å²) in [4.78, 5) is 43.2. The third-order valence-electron chi connectivity index (χ3n) is 8.10. The minimum atomic E-state index is -1.09. The lowest BCUT2D eigenvalue weighted by atomic mass is 9.78. The quantitative estimate of drug-likeness (QED) is 0.476. The lowest BCUT2D eigenvalue weighted by Gasteiger charge is -2.39. The summed E-state index contributed by atoms with van der Waals surface area (Å²) in [6, 6.07) is 7.13. The van der Waals surface area contributed by atoms with E-state index in [1.807, 2.05) is 6.92 Å². The van der Waals surface area contributed by atoms with Crippen molar-refractivity contribution in [3.63, 3.8) is 0 Å². The summed E-state index contributed by atoms with van der Waals surface area (Å²) >= 11 is 0. The summed E-state index contributed by atoms with van der Waals surface area (Å²) in [7, 11) is 0. The molecule has 2 aromatic rings. The average Bonchev–Trinajstić information content (AvgIpc) is 3.24. The number of aromatic hydroxyl groups is 1. The summed E-state index contributed by atoms with van der Waals surface area (Å²) in [5.74, 6) is -1.62. The van der Waals surface area contributed by atoms with Crippen molar-refractivity contribution < 1.29 is 43.9 Å². The second-order valence-corrected chi connectivity index (χ2v) is 10.8. The van der Waals surface area contributed by atoms with E-state index in [-0.39, 0.29) is 45.9 Å². The molecule has 0 radical (unpaired) electrons. The average molecular weight is 550 g/mol. The number of phenols is 1. The van der Waals surface area contributed by atoms with Crippen LogP contribution in [0.5, 0.6) is 11.5 Å². The van der Waals surface area contributed by atoms with Crippen molar-refractivity contribution in [2.45, 2.75) is 83.3 Å². The van der Waals surface area contributed by atoms with Crippen molar-refractivity contribution >= 4 is 23.1 Å². The van der Waals surface area contributed by atoms with Crippen molar-refractivity contribution in [2.75, 3.05) is 0 Å². The van der Waals surface area contributed by atoms with Gasteiger partial charge in [0, 0.05) is 23.1 Å². The number of hydrogen-bond acceptors (Lipinski definition) is 10. The fourth-order valence-electron chi connectivity index (χ4n) is 6.17. The van der Waals surface area contributed by atoms with Gasteiger partial charge in [-0.15, -0.1) is 0 Å². The number of ketones is 2. The monoisotopic (exact) mass is 549 g/mol. The summed E-state index contributed by atoms with van der Waals surface area (Å²) < 4.78 is 17.5. The van der Waals surface area contributed by atoms with Gasteiger partial charge in [0.15, 0.2) is 5.78 Å². The minimum Gasteiger partial charge on any atom is -0.507 e. The lowest BCUT2D eigenvalue weighted by molar-refractivity contribution is -0.216. The first-order chi connectivity index (χ1) is 19.1. The summed E-state index contributed by atoms with van der Waals surface area (Å²) in [6.07, 6.45) is -2.92. The molecule has 210 valence electrons. The number of esters is 1. The number of Topliss-reactive ketones (excluding diaryl/α,β-unsaturated/α-hetero) is 2. The zero-order valence-electron chi connectivity index (χ0n) is 22.4. The molecule has 3 heterocycles. The summed E-state index contributed by atoms with van der Waals surface area (Å²) in [6.45, 7) is 5.38. The topological polar surface area (TPSA) is 143 Å². The number of rotatable bonds is 5. The van der Waals surface area contributed by atoms with E-state index < -0.39 is 54.4 Å². The van der Waals surface area contributed by atoms with Gasteiger partial charge in [0.1, 0.15) is 29.3 Å². The predicted octanol–water partition coefficient (Wildman–Crippen LogP) is 3.16. The first-order valence-electron chi connectivity index (χ1n) is 13.6. The molecule has 2 saturated heterocycles. The molecule has 1 aliphatic carbocycles. The maximum absolute atomic E-state index is 14.4. The smallest absolute Gasteiger partial charge is 0.331 e. The number of carbonyl (C=O) groups is 3. The number of ether oxygens (including phenoxy) is 3. The Labute approximate surface area is 230 Å². The van der Waals surface area contributed by atoms with Gasteiger partial charge in [-0.3, -0.25) is 9.59 Å². The molecule has 0 amide bonds. The third kappa shape index (κ3) is 3.93. The predicted molar refractivity (Wildman–Crippen MR) is 140 cm³/mol. The van der Waals surface area contributed by atoms with Crippen LogP contribution in [0, 0.1) is 6.92 Å². The van der Waals surface area contributed by atoms with Crippen LogP contribution in [-0.4, -0.2) is 68.4 Å². The molecule has 4 aliphatic rings. The number of unbranched alkanes of at least 4 members (excludes halogenated alkanes) is 1.